The maximum absolute atomic E-state index is 13.2. The van der Waals surface area contributed by atoms with Gasteiger partial charge in [-0.3, -0.25) is 9.59 Å². The zero-order valence-electron chi connectivity index (χ0n) is 15.8. The van der Waals surface area contributed by atoms with Crippen molar-refractivity contribution in [2.75, 3.05) is 11.9 Å². The lowest BCUT2D eigenvalue weighted by atomic mass is 10.1. The number of carbonyl (C=O) groups is 1. The first-order valence-electron chi connectivity index (χ1n) is 9.12. The molecule has 0 fully saturated rings. The van der Waals surface area contributed by atoms with Crippen LogP contribution in [0.3, 0.4) is 0 Å². The van der Waals surface area contributed by atoms with Gasteiger partial charge in [0.25, 0.3) is 5.91 Å². The lowest BCUT2D eigenvalue weighted by Crippen LogP contribution is -2.22. The predicted molar refractivity (Wildman–Crippen MR) is 124 cm³/mol. The van der Waals surface area contributed by atoms with Crippen molar-refractivity contribution in [3.63, 3.8) is 0 Å². The summed E-state index contributed by atoms with van der Waals surface area (Å²) in [5.41, 5.74) is 0.869. The van der Waals surface area contributed by atoms with Crippen molar-refractivity contribution in [2.45, 2.75) is 0 Å². The van der Waals surface area contributed by atoms with Gasteiger partial charge in [0.2, 0.25) is 11.2 Å². The van der Waals surface area contributed by atoms with E-state index in [0.717, 1.165) is 0 Å². The highest BCUT2D eigenvalue weighted by molar-refractivity contribution is 6.33. The number of amides is 1. The Morgan fingerprint density at radius 3 is 2.39 bits per heavy atom. The number of anilines is 1. The van der Waals surface area contributed by atoms with Gasteiger partial charge in [-0.1, -0.05) is 46.9 Å². The molecule has 0 aliphatic heterocycles. The molecule has 0 bridgehead atoms. The van der Waals surface area contributed by atoms with Gasteiger partial charge in [-0.05, 0) is 54.6 Å². The van der Waals surface area contributed by atoms with Gasteiger partial charge in [-0.2, -0.15) is 0 Å². The number of ether oxygens (including phenoxy) is 1. The molecule has 0 unspecified atom stereocenters. The van der Waals surface area contributed by atoms with E-state index in [2.05, 4.69) is 5.32 Å². The van der Waals surface area contributed by atoms with Crippen molar-refractivity contribution in [1.29, 1.82) is 0 Å². The van der Waals surface area contributed by atoms with Crippen LogP contribution in [0, 0.1) is 0 Å². The van der Waals surface area contributed by atoms with Crippen LogP contribution >= 0.6 is 34.8 Å². The van der Waals surface area contributed by atoms with E-state index >= 15 is 0 Å². The van der Waals surface area contributed by atoms with E-state index in [9.17, 15) is 9.59 Å². The van der Waals surface area contributed by atoms with Crippen molar-refractivity contribution in [3.05, 3.63) is 92.0 Å². The molecule has 156 valence electrons. The Morgan fingerprint density at radius 2 is 1.65 bits per heavy atom. The predicted octanol–water partition coefficient (Wildman–Crippen LogP) is 6.44. The van der Waals surface area contributed by atoms with Crippen LogP contribution < -0.4 is 15.5 Å². The Hall–Kier alpha value is -2.99. The molecule has 1 amide bonds. The van der Waals surface area contributed by atoms with E-state index < -0.39 is 17.9 Å². The average Bonchev–Trinajstić information content (AvgIpc) is 2.75. The smallest absolute Gasteiger partial charge is 0.262 e. The molecular weight excluding hydrogens is 461 g/mol. The van der Waals surface area contributed by atoms with E-state index in [1.807, 2.05) is 0 Å². The molecule has 8 heteroatoms. The van der Waals surface area contributed by atoms with Gasteiger partial charge in [0.15, 0.2) is 12.4 Å². The highest BCUT2D eigenvalue weighted by Gasteiger charge is 2.20. The Labute approximate surface area is 192 Å². The van der Waals surface area contributed by atoms with Gasteiger partial charge in [-0.25, -0.2) is 0 Å². The van der Waals surface area contributed by atoms with Gasteiger partial charge >= 0.3 is 0 Å². The highest BCUT2D eigenvalue weighted by atomic mass is 35.5. The Kier molecular flexibility index (Phi) is 6.18. The maximum Gasteiger partial charge on any atom is 0.262 e. The number of rotatable bonds is 5. The molecule has 4 aromatic rings. The minimum absolute atomic E-state index is 0.129. The first kappa shape index (κ1) is 21.2. The number of hydrogen-bond donors (Lipinski definition) is 1. The van der Waals surface area contributed by atoms with Crippen LogP contribution in [-0.2, 0) is 4.79 Å². The Bertz CT molecular complexity index is 1330. The van der Waals surface area contributed by atoms with Gasteiger partial charge in [0, 0.05) is 21.3 Å². The van der Waals surface area contributed by atoms with E-state index in [1.165, 1.54) is 6.07 Å². The summed E-state index contributed by atoms with van der Waals surface area (Å²) in [6.45, 7) is -0.420. The van der Waals surface area contributed by atoms with Gasteiger partial charge in [-0.15, -0.1) is 0 Å². The summed E-state index contributed by atoms with van der Waals surface area (Å²) in [5.74, 6) is -0.461. The third-order valence-corrected chi connectivity index (χ3v) is 5.22. The zero-order valence-corrected chi connectivity index (χ0v) is 18.1. The standard InChI is InChI=1S/C23H14Cl3NO4/c24-13-5-8-15(9-6-13)27-20(28)12-30-23-21(29)17-11-14(25)7-10-19(17)31-22(23)16-3-1-2-4-18(16)26/h1-11H,12H2,(H,27,28). The molecule has 3 aromatic carbocycles. The fraction of sp³-hybridized carbons (Fsp3) is 0.0435. The minimum atomic E-state index is -0.460. The molecular formula is C23H14Cl3NO4. The van der Waals surface area contributed by atoms with Crippen LogP contribution in [-0.4, -0.2) is 12.5 Å². The van der Waals surface area contributed by atoms with Crippen molar-refractivity contribution in [1.82, 2.24) is 0 Å². The summed E-state index contributed by atoms with van der Waals surface area (Å²) in [4.78, 5) is 25.5. The van der Waals surface area contributed by atoms with E-state index in [1.54, 1.807) is 60.7 Å². The van der Waals surface area contributed by atoms with E-state index in [0.29, 0.717) is 31.9 Å². The van der Waals surface area contributed by atoms with Crippen LogP contribution in [0.2, 0.25) is 15.1 Å². The second kappa shape index (κ2) is 9.02. The van der Waals surface area contributed by atoms with E-state index in [-0.39, 0.29) is 16.9 Å². The number of nitrogens with one attached hydrogen (secondary N) is 1. The number of fused-ring (bicyclic) bond motifs is 1. The number of hydrogen-bond acceptors (Lipinski definition) is 4. The molecule has 0 spiro atoms. The van der Waals surface area contributed by atoms with Gasteiger partial charge < -0.3 is 14.5 Å². The number of benzene rings is 3. The first-order valence-corrected chi connectivity index (χ1v) is 10.3. The van der Waals surface area contributed by atoms with Crippen LogP contribution in [0.1, 0.15) is 0 Å². The second-order valence-electron chi connectivity index (χ2n) is 6.55. The normalized spacial score (nSPS) is 10.8. The fourth-order valence-electron chi connectivity index (χ4n) is 2.97. The van der Waals surface area contributed by atoms with Crippen molar-refractivity contribution >= 4 is 57.4 Å². The van der Waals surface area contributed by atoms with Crippen LogP contribution in [0.4, 0.5) is 5.69 Å². The lowest BCUT2D eigenvalue weighted by Gasteiger charge is -2.13. The summed E-state index contributed by atoms with van der Waals surface area (Å²) in [6.07, 6.45) is 0. The minimum Gasteiger partial charge on any atom is -0.476 e. The fourth-order valence-corrected chi connectivity index (χ4v) is 3.49. The van der Waals surface area contributed by atoms with Crippen molar-refractivity contribution in [2.24, 2.45) is 0 Å². The molecule has 0 radical (unpaired) electrons. The zero-order chi connectivity index (χ0) is 22.0. The van der Waals surface area contributed by atoms with Crippen LogP contribution in [0.25, 0.3) is 22.3 Å². The summed E-state index contributed by atoms with van der Waals surface area (Å²) >= 11 is 18.2. The molecule has 1 aromatic heterocycles. The Morgan fingerprint density at radius 1 is 0.935 bits per heavy atom. The summed E-state index contributed by atoms with van der Waals surface area (Å²) in [5, 5.41) is 4.20. The molecule has 1 heterocycles. The molecule has 1 N–H and O–H groups in total. The van der Waals surface area contributed by atoms with Crippen LogP contribution in [0.15, 0.2) is 75.9 Å². The van der Waals surface area contributed by atoms with Gasteiger partial charge in [0.1, 0.15) is 5.58 Å². The summed E-state index contributed by atoms with van der Waals surface area (Å²) in [7, 11) is 0. The van der Waals surface area contributed by atoms with Crippen molar-refractivity contribution < 1.29 is 13.9 Å². The second-order valence-corrected chi connectivity index (χ2v) is 7.83. The van der Waals surface area contributed by atoms with Crippen molar-refractivity contribution in [3.8, 4) is 17.1 Å². The lowest BCUT2D eigenvalue weighted by molar-refractivity contribution is -0.118. The molecule has 31 heavy (non-hydrogen) atoms. The van der Waals surface area contributed by atoms with E-state index in [4.69, 9.17) is 44.0 Å². The largest absolute Gasteiger partial charge is 0.476 e. The average molecular weight is 475 g/mol. The Balaban J connectivity index is 1.71. The summed E-state index contributed by atoms with van der Waals surface area (Å²) in [6, 6.07) is 18.2. The van der Waals surface area contributed by atoms with Crippen LogP contribution in [0.5, 0.6) is 5.75 Å². The molecule has 0 aliphatic carbocycles. The molecule has 4 rings (SSSR count). The molecule has 0 atom stereocenters. The molecule has 0 saturated heterocycles. The SMILES string of the molecule is O=C(COc1c(-c2ccccc2Cl)oc2ccc(Cl)cc2c1=O)Nc1ccc(Cl)cc1. The molecule has 0 aliphatic rings. The maximum atomic E-state index is 13.2. The third-order valence-electron chi connectivity index (χ3n) is 4.40. The third kappa shape index (κ3) is 4.69. The number of halogens is 3. The monoisotopic (exact) mass is 473 g/mol. The quantitative estimate of drug-likeness (QED) is 0.361. The molecule has 0 saturated carbocycles. The van der Waals surface area contributed by atoms with Gasteiger partial charge in [0.05, 0.1) is 10.4 Å². The first-order chi connectivity index (χ1) is 14.9. The molecule has 5 nitrogen and oxygen atoms in total. The number of carbonyl (C=O) groups excluding carboxylic acids is 1. The topological polar surface area (TPSA) is 68.5 Å². The highest BCUT2D eigenvalue weighted by Crippen LogP contribution is 2.35. The summed E-state index contributed by atoms with van der Waals surface area (Å²) < 4.78 is 11.6.